The Morgan fingerprint density at radius 3 is 1.66 bits per heavy atom. The average molecular weight is 738 g/mol. The molecule has 3 N–H and O–H groups in total. The van der Waals surface area contributed by atoms with Gasteiger partial charge in [-0.2, -0.15) is 0 Å². The van der Waals surface area contributed by atoms with Gasteiger partial charge in [0.05, 0.1) is 25.6 Å². The summed E-state index contributed by atoms with van der Waals surface area (Å²) >= 11 is 12.9. The lowest BCUT2D eigenvalue weighted by Crippen LogP contribution is -2.18. The van der Waals surface area contributed by atoms with Crippen molar-refractivity contribution in [1.29, 1.82) is 0 Å². The fourth-order valence-electron chi connectivity index (χ4n) is 3.02. The van der Waals surface area contributed by atoms with E-state index in [0.29, 0.717) is 17.9 Å². The van der Waals surface area contributed by atoms with E-state index >= 15 is 0 Å². The third-order valence-corrected chi connectivity index (χ3v) is 6.78. The molecule has 12 heteroatoms. The highest BCUT2D eigenvalue weighted by atomic mass is 79.9. The topological polar surface area (TPSA) is 130 Å². The van der Waals surface area contributed by atoms with E-state index in [4.69, 9.17) is 9.47 Å². The van der Waals surface area contributed by atoms with Crippen LogP contribution in [-0.4, -0.2) is 33.2 Å². The Morgan fingerprint density at radius 2 is 1.17 bits per heavy atom. The summed E-state index contributed by atoms with van der Waals surface area (Å²) in [4.78, 5) is 37.5. The molecule has 0 heterocycles. The second-order valence-electron chi connectivity index (χ2n) is 6.98. The Morgan fingerprint density at radius 1 is 0.714 bits per heavy atom. The van der Waals surface area contributed by atoms with Gasteiger partial charge in [-0.3, -0.25) is 0 Å². The van der Waals surface area contributed by atoms with Crippen LogP contribution in [0.25, 0.3) is 0 Å². The molecule has 0 aromatic heterocycles. The van der Waals surface area contributed by atoms with Crippen LogP contribution in [0.3, 0.4) is 0 Å². The zero-order valence-corrected chi connectivity index (χ0v) is 23.7. The molecule has 0 bridgehead atoms. The number of carboxylic acid groups (broad SMARTS) is 1. The Kier molecular flexibility index (Phi) is 8.97. The first-order valence-electron chi connectivity index (χ1n) is 9.54. The standard InChI is InChI=1S/C23H14Br4O8/c24-12-4-10(19(28)16(26)6-12)8-34-22(32)15-3-1-2-14(21(30)31)18(15)23(33)35-9-11-5-13(25)7-17(27)20(11)29/h1-7,28-29H,8-9H2,(H,30,31). The Labute approximate surface area is 232 Å². The Bertz CT molecular complexity index is 1340. The third-order valence-electron chi connectivity index (χ3n) is 4.65. The Hall–Kier alpha value is -2.41. The molecule has 0 atom stereocenters. The molecule has 8 nitrogen and oxygen atoms in total. The minimum atomic E-state index is -1.45. The van der Waals surface area contributed by atoms with Gasteiger partial charge in [0.15, 0.2) is 0 Å². The molecule has 0 fully saturated rings. The second-order valence-corrected chi connectivity index (χ2v) is 10.5. The van der Waals surface area contributed by atoms with Crippen molar-refractivity contribution in [3.05, 3.63) is 88.2 Å². The molecule has 182 valence electrons. The molecule has 3 aromatic rings. The number of phenols is 2. The highest BCUT2D eigenvalue weighted by Gasteiger charge is 2.27. The highest BCUT2D eigenvalue weighted by molar-refractivity contribution is 9.11. The number of phenolic OH excluding ortho intramolecular Hbond substituents is 2. The van der Waals surface area contributed by atoms with Gasteiger partial charge < -0.3 is 24.8 Å². The van der Waals surface area contributed by atoms with Gasteiger partial charge >= 0.3 is 17.9 Å². The molecular formula is C23H14Br4O8. The van der Waals surface area contributed by atoms with E-state index < -0.39 is 35.6 Å². The maximum atomic E-state index is 12.9. The first-order valence-corrected chi connectivity index (χ1v) is 12.7. The first-order chi connectivity index (χ1) is 16.5. The van der Waals surface area contributed by atoms with Crippen molar-refractivity contribution in [3.63, 3.8) is 0 Å². The molecule has 3 aromatic carbocycles. The molecule has 0 spiro atoms. The van der Waals surface area contributed by atoms with Gasteiger partial charge in [-0.25, -0.2) is 14.4 Å². The SMILES string of the molecule is O=C(O)c1cccc(C(=O)OCc2cc(Br)cc(Br)c2O)c1C(=O)OCc1cc(Br)cc(Br)c1O. The maximum absolute atomic E-state index is 12.9. The monoisotopic (exact) mass is 734 g/mol. The van der Waals surface area contributed by atoms with E-state index in [-0.39, 0.29) is 34.8 Å². The van der Waals surface area contributed by atoms with Gasteiger partial charge in [-0.05, 0) is 68.3 Å². The number of rotatable bonds is 7. The third kappa shape index (κ3) is 6.43. The van der Waals surface area contributed by atoms with Crippen LogP contribution in [-0.2, 0) is 22.7 Å². The minimum absolute atomic E-state index is 0.139. The van der Waals surface area contributed by atoms with Crippen LogP contribution in [0, 0.1) is 0 Å². The van der Waals surface area contributed by atoms with Gasteiger partial charge in [0, 0.05) is 20.1 Å². The van der Waals surface area contributed by atoms with Crippen LogP contribution >= 0.6 is 63.7 Å². The van der Waals surface area contributed by atoms with Crippen LogP contribution in [0.5, 0.6) is 11.5 Å². The summed E-state index contributed by atoms with van der Waals surface area (Å²) in [5, 5.41) is 29.9. The van der Waals surface area contributed by atoms with Crippen molar-refractivity contribution in [2.24, 2.45) is 0 Å². The molecule has 0 radical (unpaired) electrons. The van der Waals surface area contributed by atoms with Crippen LogP contribution < -0.4 is 0 Å². The molecule has 0 unspecified atom stereocenters. The number of hydrogen-bond acceptors (Lipinski definition) is 7. The number of carbonyl (C=O) groups is 3. The number of halogens is 4. The van der Waals surface area contributed by atoms with Gasteiger partial charge in [0.1, 0.15) is 24.7 Å². The summed E-state index contributed by atoms with van der Waals surface area (Å²) < 4.78 is 12.4. The Balaban J connectivity index is 1.88. The van der Waals surface area contributed by atoms with Gasteiger partial charge in [-0.15, -0.1) is 0 Å². The maximum Gasteiger partial charge on any atom is 0.340 e. The molecule has 0 aliphatic heterocycles. The van der Waals surface area contributed by atoms with E-state index in [9.17, 15) is 29.7 Å². The number of esters is 2. The number of carbonyl (C=O) groups excluding carboxylic acids is 2. The number of aromatic carboxylic acids is 1. The smallest absolute Gasteiger partial charge is 0.340 e. The first kappa shape index (κ1) is 27.2. The van der Waals surface area contributed by atoms with Gasteiger partial charge in [-0.1, -0.05) is 37.9 Å². The lowest BCUT2D eigenvalue weighted by Gasteiger charge is -2.14. The van der Waals surface area contributed by atoms with Crippen LogP contribution in [0.15, 0.2) is 60.4 Å². The molecule has 0 aliphatic rings. The molecule has 0 aliphatic carbocycles. The van der Waals surface area contributed by atoms with Crippen molar-refractivity contribution >= 4 is 81.6 Å². The van der Waals surface area contributed by atoms with E-state index in [1.54, 1.807) is 18.2 Å². The van der Waals surface area contributed by atoms with Gasteiger partial charge in [0.25, 0.3) is 0 Å². The summed E-state index contributed by atoms with van der Waals surface area (Å²) in [7, 11) is 0. The predicted molar refractivity (Wildman–Crippen MR) is 139 cm³/mol. The van der Waals surface area contributed by atoms with Crippen LogP contribution in [0.1, 0.15) is 42.2 Å². The van der Waals surface area contributed by atoms with Crippen LogP contribution in [0.4, 0.5) is 0 Å². The molecule has 35 heavy (non-hydrogen) atoms. The second kappa shape index (κ2) is 11.5. The van der Waals surface area contributed by atoms with Crippen LogP contribution in [0.2, 0.25) is 0 Å². The number of benzene rings is 3. The summed E-state index contributed by atoms with van der Waals surface area (Å²) in [5.74, 6) is -3.85. The molecule has 0 amide bonds. The summed E-state index contributed by atoms with van der Waals surface area (Å²) in [5.41, 5.74) is -0.778. The van der Waals surface area contributed by atoms with E-state index in [1.165, 1.54) is 18.2 Å². The largest absolute Gasteiger partial charge is 0.506 e. The van der Waals surface area contributed by atoms with Crippen molar-refractivity contribution in [1.82, 2.24) is 0 Å². The average Bonchev–Trinajstić information content (AvgIpc) is 2.80. The normalized spacial score (nSPS) is 10.6. The van der Waals surface area contributed by atoms with Crippen molar-refractivity contribution in [3.8, 4) is 11.5 Å². The van der Waals surface area contributed by atoms with Gasteiger partial charge in [0.2, 0.25) is 0 Å². The quantitative estimate of drug-likeness (QED) is 0.233. The molecule has 3 rings (SSSR count). The number of carboxylic acids is 1. The lowest BCUT2D eigenvalue weighted by atomic mass is 10.0. The molecule has 0 saturated carbocycles. The molecular weight excluding hydrogens is 724 g/mol. The van der Waals surface area contributed by atoms with E-state index in [2.05, 4.69) is 63.7 Å². The number of ether oxygens (including phenoxy) is 2. The fraction of sp³-hybridized carbons (Fsp3) is 0.0870. The van der Waals surface area contributed by atoms with E-state index in [0.717, 1.165) is 6.07 Å². The zero-order chi connectivity index (χ0) is 25.9. The highest BCUT2D eigenvalue weighted by Crippen LogP contribution is 2.33. The summed E-state index contributed by atoms with van der Waals surface area (Å²) in [6, 6.07) is 9.94. The van der Waals surface area contributed by atoms with E-state index in [1.807, 2.05) is 0 Å². The summed E-state index contributed by atoms with van der Waals surface area (Å²) in [6.45, 7) is -0.750. The lowest BCUT2D eigenvalue weighted by molar-refractivity contribution is 0.0418. The fourth-order valence-corrected chi connectivity index (χ4v) is 5.64. The van der Waals surface area contributed by atoms with Crippen molar-refractivity contribution < 1.29 is 39.2 Å². The van der Waals surface area contributed by atoms with Crippen molar-refractivity contribution in [2.75, 3.05) is 0 Å². The number of aromatic hydroxyl groups is 2. The zero-order valence-electron chi connectivity index (χ0n) is 17.4. The molecule has 0 saturated heterocycles. The number of hydrogen-bond donors (Lipinski definition) is 3. The minimum Gasteiger partial charge on any atom is -0.506 e. The van der Waals surface area contributed by atoms with Crippen molar-refractivity contribution in [2.45, 2.75) is 13.2 Å². The summed E-state index contributed by atoms with van der Waals surface area (Å²) in [6.07, 6.45) is 0. The predicted octanol–water partition coefficient (Wildman–Crippen LogP) is 6.56.